The van der Waals surface area contributed by atoms with Gasteiger partial charge in [-0.3, -0.25) is 14.4 Å². The van der Waals surface area contributed by atoms with Crippen molar-refractivity contribution < 1.29 is 23.9 Å². The van der Waals surface area contributed by atoms with Gasteiger partial charge in [0, 0.05) is 11.4 Å². The highest BCUT2D eigenvalue weighted by Gasteiger charge is 2.59. The fraction of sp³-hybridized carbons (Fsp3) is 0.267. The van der Waals surface area contributed by atoms with Gasteiger partial charge in [-0.05, 0) is 24.3 Å². The average Bonchev–Trinajstić information content (AvgIpc) is 3.06. The minimum absolute atomic E-state index is 0.240. The summed E-state index contributed by atoms with van der Waals surface area (Å²) in [6.45, 7) is 1.21. The predicted octanol–water partition coefficient (Wildman–Crippen LogP) is 0.698. The smallest absolute Gasteiger partial charge is 0.355 e. The molecule has 1 saturated heterocycles. The summed E-state index contributed by atoms with van der Waals surface area (Å²) >= 11 is 3.28. The second-order valence-corrected chi connectivity index (χ2v) is 6.17. The maximum atomic E-state index is 12.7. The van der Waals surface area contributed by atoms with Crippen molar-refractivity contribution in [2.45, 2.75) is 13.0 Å². The summed E-state index contributed by atoms with van der Waals surface area (Å²) in [5.74, 6) is -3.75. The van der Waals surface area contributed by atoms with Crippen LogP contribution >= 0.6 is 15.9 Å². The lowest BCUT2D eigenvalue weighted by atomic mass is 9.98. The molecule has 24 heavy (non-hydrogen) atoms. The van der Waals surface area contributed by atoms with Crippen LogP contribution < -0.4 is 4.90 Å². The fourth-order valence-corrected chi connectivity index (χ4v) is 3.06. The zero-order valence-electron chi connectivity index (χ0n) is 12.7. The number of fused-ring (bicyclic) bond motifs is 1. The first-order valence-corrected chi connectivity index (χ1v) is 7.76. The third kappa shape index (κ3) is 2.32. The highest BCUT2D eigenvalue weighted by atomic mass is 79.9. The third-order valence-corrected chi connectivity index (χ3v) is 4.38. The van der Waals surface area contributed by atoms with Crippen molar-refractivity contribution in [2.24, 2.45) is 11.0 Å². The van der Waals surface area contributed by atoms with Crippen molar-refractivity contribution in [3.8, 4) is 0 Å². The van der Waals surface area contributed by atoms with E-state index in [2.05, 4.69) is 25.8 Å². The van der Waals surface area contributed by atoms with Crippen LogP contribution in [0, 0.1) is 5.92 Å². The third-order valence-electron chi connectivity index (χ3n) is 3.85. The van der Waals surface area contributed by atoms with Gasteiger partial charge in [-0.15, -0.1) is 0 Å². The second-order valence-electron chi connectivity index (χ2n) is 5.25. The first-order valence-electron chi connectivity index (χ1n) is 6.96. The number of anilines is 1. The highest BCUT2D eigenvalue weighted by Crippen LogP contribution is 2.35. The summed E-state index contributed by atoms with van der Waals surface area (Å²) in [5, 5.41) is 4.71. The molecule has 0 aliphatic carbocycles. The molecule has 1 aromatic carbocycles. The zero-order chi connectivity index (χ0) is 17.6. The zero-order valence-corrected chi connectivity index (χ0v) is 14.3. The molecule has 2 aliphatic heterocycles. The topological polar surface area (TPSA) is 96.3 Å². The van der Waals surface area contributed by atoms with Crippen molar-refractivity contribution in [1.82, 2.24) is 5.01 Å². The number of ether oxygens (including phenoxy) is 1. The molecule has 0 bridgehead atoms. The van der Waals surface area contributed by atoms with Crippen molar-refractivity contribution >= 4 is 51.0 Å². The Balaban J connectivity index is 2.05. The molecule has 9 heteroatoms. The van der Waals surface area contributed by atoms with E-state index in [0.29, 0.717) is 5.69 Å². The minimum Gasteiger partial charge on any atom is -0.464 e. The van der Waals surface area contributed by atoms with E-state index in [1.807, 2.05) is 0 Å². The van der Waals surface area contributed by atoms with Gasteiger partial charge in [0.25, 0.3) is 5.91 Å². The van der Waals surface area contributed by atoms with Crippen LogP contribution in [0.4, 0.5) is 5.69 Å². The van der Waals surface area contributed by atoms with Crippen LogP contribution in [0.25, 0.3) is 0 Å². The summed E-state index contributed by atoms with van der Waals surface area (Å²) < 4.78 is 5.40. The van der Waals surface area contributed by atoms with Crippen LogP contribution in [0.3, 0.4) is 0 Å². The molecule has 2 heterocycles. The van der Waals surface area contributed by atoms with Crippen molar-refractivity contribution in [2.75, 3.05) is 12.0 Å². The molecule has 1 aromatic rings. The van der Waals surface area contributed by atoms with E-state index >= 15 is 0 Å². The molecule has 8 nitrogen and oxygen atoms in total. The number of rotatable bonds is 2. The molecule has 0 spiro atoms. The van der Waals surface area contributed by atoms with E-state index in [4.69, 9.17) is 0 Å². The summed E-state index contributed by atoms with van der Waals surface area (Å²) in [7, 11) is 1.14. The lowest BCUT2D eigenvalue weighted by Gasteiger charge is -2.19. The number of carbonyl (C=O) groups excluding carboxylic acids is 4. The van der Waals surface area contributed by atoms with Gasteiger partial charge in [0.15, 0.2) is 11.8 Å². The predicted molar refractivity (Wildman–Crippen MR) is 85.9 cm³/mol. The number of carbonyl (C=O) groups is 4. The molecular weight excluding hydrogens is 382 g/mol. The first-order chi connectivity index (χ1) is 11.4. The lowest BCUT2D eigenvalue weighted by molar-refractivity contribution is -0.136. The number of hydrogen-bond donors (Lipinski definition) is 0. The van der Waals surface area contributed by atoms with Crippen molar-refractivity contribution in [3.63, 3.8) is 0 Å². The standard InChI is InChI=1S/C15H12BrN3O5/c1-7(20)19-12-10(11(17-19)15(23)24-2)13(21)18(14(12)22)9-5-3-8(16)4-6-9/h3-6,10,12H,1-2H3/t10-,12+/m0/s1. The Kier molecular flexibility index (Phi) is 3.96. The summed E-state index contributed by atoms with van der Waals surface area (Å²) in [6.07, 6.45) is 0. The molecule has 1 fully saturated rings. The van der Waals surface area contributed by atoms with Crippen LogP contribution in [-0.2, 0) is 23.9 Å². The maximum Gasteiger partial charge on any atom is 0.355 e. The first kappa shape index (κ1) is 16.3. The van der Waals surface area contributed by atoms with Gasteiger partial charge in [0.05, 0.1) is 12.8 Å². The number of imide groups is 1. The Hall–Kier alpha value is -2.55. The fourth-order valence-electron chi connectivity index (χ4n) is 2.79. The molecule has 2 aliphatic rings. The number of amides is 3. The molecule has 0 unspecified atom stereocenters. The molecule has 3 rings (SSSR count). The maximum absolute atomic E-state index is 12.7. The molecule has 3 amide bonds. The normalized spacial score (nSPS) is 22.5. The minimum atomic E-state index is -1.16. The molecule has 124 valence electrons. The van der Waals surface area contributed by atoms with E-state index in [9.17, 15) is 19.2 Å². The van der Waals surface area contributed by atoms with E-state index in [-0.39, 0.29) is 5.71 Å². The van der Waals surface area contributed by atoms with Gasteiger partial charge in [-0.1, -0.05) is 15.9 Å². The average molecular weight is 394 g/mol. The van der Waals surface area contributed by atoms with E-state index in [1.54, 1.807) is 24.3 Å². The monoisotopic (exact) mass is 393 g/mol. The molecule has 0 saturated carbocycles. The van der Waals surface area contributed by atoms with E-state index in [0.717, 1.165) is 21.5 Å². The van der Waals surface area contributed by atoms with Gasteiger partial charge < -0.3 is 4.74 Å². The number of halogens is 1. The number of methoxy groups -OCH3 is 1. The quantitative estimate of drug-likeness (QED) is 0.544. The number of esters is 1. The molecule has 0 radical (unpaired) electrons. The molecule has 0 N–H and O–H groups in total. The number of hydrogen-bond acceptors (Lipinski definition) is 6. The molecule has 0 aromatic heterocycles. The Bertz CT molecular complexity index is 789. The lowest BCUT2D eigenvalue weighted by Crippen LogP contribution is -2.41. The van der Waals surface area contributed by atoms with Gasteiger partial charge in [-0.2, -0.15) is 5.10 Å². The van der Waals surface area contributed by atoms with Crippen molar-refractivity contribution in [1.29, 1.82) is 0 Å². The van der Waals surface area contributed by atoms with Gasteiger partial charge in [0.2, 0.25) is 11.8 Å². The van der Waals surface area contributed by atoms with Crippen LogP contribution in [0.15, 0.2) is 33.8 Å². The summed E-state index contributed by atoms with van der Waals surface area (Å²) in [5.41, 5.74) is 0.117. The van der Waals surface area contributed by atoms with E-state index < -0.39 is 35.7 Å². The summed E-state index contributed by atoms with van der Waals surface area (Å²) in [4.78, 5) is 50.1. The number of benzene rings is 1. The van der Waals surface area contributed by atoms with Gasteiger partial charge >= 0.3 is 5.97 Å². The van der Waals surface area contributed by atoms with Crippen LogP contribution in [-0.4, -0.2) is 47.6 Å². The Morgan fingerprint density at radius 2 is 1.79 bits per heavy atom. The summed E-state index contributed by atoms with van der Waals surface area (Å²) in [6, 6.07) is 5.39. The molecular formula is C15H12BrN3O5. The van der Waals surface area contributed by atoms with Crippen LogP contribution in [0.1, 0.15) is 6.92 Å². The van der Waals surface area contributed by atoms with Gasteiger partial charge in [0.1, 0.15) is 5.92 Å². The highest BCUT2D eigenvalue weighted by molar-refractivity contribution is 9.10. The SMILES string of the molecule is COC(=O)C1=NN(C(C)=O)[C@H]2C(=O)N(c3ccc(Br)cc3)C(=O)[C@@H]12. The Labute approximate surface area is 145 Å². The molecule has 2 atom stereocenters. The van der Waals surface area contributed by atoms with E-state index in [1.165, 1.54) is 6.92 Å². The van der Waals surface area contributed by atoms with Crippen LogP contribution in [0.5, 0.6) is 0 Å². The van der Waals surface area contributed by atoms with Crippen LogP contribution in [0.2, 0.25) is 0 Å². The largest absolute Gasteiger partial charge is 0.464 e. The Morgan fingerprint density at radius 1 is 1.17 bits per heavy atom. The number of hydrazone groups is 1. The Morgan fingerprint density at radius 3 is 2.33 bits per heavy atom. The van der Waals surface area contributed by atoms with Crippen molar-refractivity contribution in [3.05, 3.63) is 28.7 Å². The number of nitrogens with zero attached hydrogens (tertiary/aromatic N) is 3. The second kappa shape index (κ2) is 5.82. The van der Waals surface area contributed by atoms with Gasteiger partial charge in [-0.25, -0.2) is 14.7 Å².